The van der Waals surface area contributed by atoms with Crippen LogP contribution in [-0.2, 0) is 26.0 Å². The maximum atomic E-state index is 13.4. The highest BCUT2D eigenvalue weighted by Crippen LogP contribution is 2.22. The first-order valence-electron chi connectivity index (χ1n) is 8.33. The summed E-state index contributed by atoms with van der Waals surface area (Å²) in [6.07, 6.45) is 0.641. The van der Waals surface area contributed by atoms with E-state index in [1.165, 1.54) is 30.3 Å². The largest absolute Gasteiger partial charge is 0.335 e. The molecular formula is C18H19FN3O4S+. The van der Waals surface area contributed by atoms with Gasteiger partial charge in [-0.3, -0.25) is 9.59 Å². The number of sulfonamides is 1. The molecule has 0 radical (unpaired) electrons. The fraction of sp³-hybridized carbons (Fsp3) is 0.222. The molecule has 0 spiro atoms. The van der Waals surface area contributed by atoms with Crippen LogP contribution in [0.4, 0.5) is 10.1 Å². The van der Waals surface area contributed by atoms with Crippen molar-refractivity contribution in [2.45, 2.75) is 23.8 Å². The molecule has 142 valence electrons. The first kappa shape index (κ1) is 19.2. The van der Waals surface area contributed by atoms with Gasteiger partial charge in [0.15, 0.2) is 6.04 Å². The van der Waals surface area contributed by atoms with Crippen molar-refractivity contribution in [2.24, 2.45) is 5.14 Å². The second-order valence-electron chi connectivity index (χ2n) is 6.32. The van der Waals surface area contributed by atoms with Gasteiger partial charge in [-0.2, -0.15) is 0 Å². The predicted molar refractivity (Wildman–Crippen MR) is 95.6 cm³/mol. The Balaban J connectivity index is 1.59. The highest BCUT2D eigenvalue weighted by molar-refractivity contribution is 7.89. The fourth-order valence-electron chi connectivity index (χ4n) is 3.02. The standard InChI is InChI=1S/C18H18FN3O4S/c19-13-2-1-3-14(10-13)22-17(23)11-16(18(22)24)21-9-8-12-4-6-15(7-5-12)27(20,25)26/h1-7,10,16,21H,8-9,11H2,(H2,20,25,26)/p+1/t16-/m1/s1. The van der Waals surface area contributed by atoms with Crippen molar-refractivity contribution in [3.8, 4) is 0 Å². The van der Waals surface area contributed by atoms with Crippen molar-refractivity contribution in [3.05, 3.63) is 59.9 Å². The molecule has 9 heteroatoms. The van der Waals surface area contributed by atoms with E-state index < -0.39 is 21.9 Å². The summed E-state index contributed by atoms with van der Waals surface area (Å²) in [7, 11) is -3.72. The van der Waals surface area contributed by atoms with Crippen LogP contribution in [0.15, 0.2) is 53.4 Å². The first-order chi connectivity index (χ1) is 12.8. The summed E-state index contributed by atoms with van der Waals surface area (Å²) in [6, 6.07) is 11.0. The molecule has 1 fully saturated rings. The number of primary sulfonamides is 1. The molecule has 4 N–H and O–H groups in total. The van der Waals surface area contributed by atoms with E-state index in [0.29, 0.717) is 13.0 Å². The lowest BCUT2D eigenvalue weighted by Gasteiger charge is -2.14. The van der Waals surface area contributed by atoms with Crippen molar-refractivity contribution in [2.75, 3.05) is 11.4 Å². The lowest BCUT2D eigenvalue weighted by atomic mass is 10.1. The summed E-state index contributed by atoms with van der Waals surface area (Å²) in [6.45, 7) is 0.537. The number of carbonyl (C=O) groups is 2. The number of nitrogens with zero attached hydrogens (tertiary/aromatic N) is 1. The zero-order valence-electron chi connectivity index (χ0n) is 14.3. The average molecular weight is 392 g/mol. The Morgan fingerprint density at radius 1 is 1.15 bits per heavy atom. The maximum absolute atomic E-state index is 13.4. The number of hydrogen-bond acceptors (Lipinski definition) is 4. The number of rotatable bonds is 6. The number of imide groups is 1. The molecule has 0 saturated carbocycles. The van der Waals surface area contributed by atoms with Gasteiger partial charge < -0.3 is 5.32 Å². The van der Waals surface area contributed by atoms with E-state index in [4.69, 9.17) is 5.14 Å². The van der Waals surface area contributed by atoms with E-state index in [0.717, 1.165) is 16.5 Å². The first-order valence-corrected chi connectivity index (χ1v) is 9.88. The Bertz CT molecular complexity index is 976. The van der Waals surface area contributed by atoms with E-state index in [-0.39, 0.29) is 28.8 Å². The molecule has 1 heterocycles. The van der Waals surface area contributed by atoms with Gasteiger partial charge in [0.25, 0.3) is 5.91 Å². The van der Waals surface area contributed by atoms with Gasteiger partial charge >= 0.3 is 0 Å². The Hall–Kier alpha value is -2.62. The molecule has 0 bridgehead atoms. The van der Waals surface area contributed by atoms with E-state index in [1.54, 1.807) is 17.4 Å². The lowest BCUT2D eigenvalue weighted by molar-refractivity contribution is -0.674. The Kier molecular flexibility index (Phi) is 5.36. The minimum Gasteiger partial charge on any atom is -0.335 e. The van der Waals surface area contributed by atoms with E-state index in [2.05, 4.69) is 0 Å². The smallest absolute Gasteiger partial charge is 0.292 e. The summed E-state index contributed by atoms with van der Waals surface area (Å²) < 4.78 is 35.8. The summed E-state index contributed by atoms with van der Waals surface area (Å²) in [5.41, 5.74) is 1.12. The summed E-state index contributed by atoms with van der Waals surface area (Å²) in [5.74, 6) is -1.23. The number of anilines is 1. The maximum Gasteiger partial charge on any atom is 0.292 e. The zero-order valence-corrected chi connectivity index (χ0v) is 15.2. The third kappa shape index (κ3) is 4.38. The van der Waals surface area contributed by atoms with Crippen molar-refractivity contribution in [1.29, 1.82) is 0 Å². The normalized spacial score (nSPS) is 17.6. The Morgan fingerprint density at radius 2 is 1.85 bits per heavy atom. The molecule has 0 aliphatic carbocycles. The van der Waals surface area contributed by atoms with E-state index >= 15 is 0 Å². The molecule has 2 aromatic carbocycles. The molecular weight excluding hydrogens is 373 g/mol. The predicted octanol–water partition coefficient (Wildman–Crippen LogP) is -0.0889. The molecule has 1 aliphatic heterocycles. The van der Waals surface area contributed by atoms with Gasteiger partial charge in [-0.05, 0) is 35.9 Å². The molecule has 1 aliphatic rings. The topological polar surface area (TPSA) is 114 Å². The lowest BCUT2D eigenvalue weighted by Crippen LogP contribution is -2.92. The van der Waals surface area contributed by atoms with Gasteiger partial charge in [0.05, 0.1) is 23.5 Å². The minimum atomic E-state index is -3.72. The number of amides is 2. The van der Waals surface area contributed by atoms with Crippen LogP contribution in [0.5, 0.6) is 0 Å². The Morgan fingerprint density at radius 3 is 2.48 bits per heavy atom. The number of carbonyl (C=O) groups excluding carboxylic acids is 2. The molecule has 1 saturated heterocycles. The van der Waals surface area contributed by atoms with Crippen molar-refractivity contribution in [3.63, 3.8) is 0 Å². The van der Waals surface area contributed by atoms with E-state index in [9.17, 15) is 22.4 Å². The third-order valence-electron chi connectivity index (χ3n) is 4.38. The molecule has 2 aromatic rings. The molecule has 0 unspecified atom stereocenters. The number of nitrogens with two attached hydrogens (primary N) is 2. The summed E-state index contributed by atoms with van der Waals surface area (Å²) >= 11 is 0. The fourth-order valence-corrected chi connectivity index (χ4v) is 3.54. The van der Waals surface area contributed by atoms with Crippen molar-refractivity contribution in [1.82, 2.24) is 0 Å². The number of halogens is 1. The SMILES string of the molecule is NS(=O)(=O)c1ccc(CC[NH2+][C@@H]2CC(=O)N(c3cccc(F)c3)C2=O)cc1. The molecule has 2 amide bonds. The number of hydrogen-bond donors (Lipinski definition) is 2. The van der Waals surface area contributed by atoms with Crippen LogP contribution in [0.1, 0.15) is 12.0 Å². The second-order valence-corrected chi connectivity index (χ2v) is 7.88. The second kappa shape index (κ2) is 7.55. The monoisotopic (exact) mass is 392 g/mol. The van der Waals surface area contributed by atoms with Crippen molar-refractivity contribution >= 4 is 27.5 Å². The van der Waals surface area contributed by atoms with Crippen molar-refractivity contribution < 1.29 is 27.7 Å². The van der Waals surface area contributed by atoms with Gasteiger partial charge in [0.1, 0.15) is 5.82 Å². The quantitative estimate of drug-likeness (QED) is 0.669. The molecule has 7 nitrogen and oxygen atoms in total. The van der Waals surface area contributed by atoms with Crippen LogP contribution >= 0.6 is 0 Å². The van der Waals surface area contributed by atoms with Gasteiger partial charge in [-0.1, -0.05) is 18.2 Å². The van der Waals surface area contributed by atoms with Crippen LogP contribution < -0.4 is 15.4 Å². The molecule has 0 aromatic heterocycles. The van der Waals surface area contributed by atoms with Crippen LogP contribution in [0.3, 0.4) is 0 Å². The highest BCUT2D eigenvalue weighted by Gasteiger charge is 2.42. The molecule has 3 rings (SSSR count). The van der Waals surface area contributed by atoms with Crippen LogP contribution in [0.25, 0.3) is 0 Å². The average Bonchev–Trinajstić information content (AvgIpc) is 2.88. The third-order valence-corrected chi connectivity index (χ3v) is 5.31. The van der Waals surface area contributed by atoms with Gasteiger partial charge in [0, 0.05) is 6.42 Å². The van der Waals surface area contributed by atoms with E-state index in [1.807, 2.05) is 0 Å². The van der Waals surface area contributed by atoms with Gasteiger partial charge in [0.2, 0.25) is 15.9 Å². The Labute approximate surface area is 156 Å². The molecule has 27 heavy (non-hydrogen) atoms. The highest BCUT2D eigenvalue weighted by atomic mass is 32.2. The number of benzene rings is 2. The van der Waals surface area contributed by atoms with Gasteiger partial charge in [-0.25, -0.2) is 22.8 Å². The minimum absolute atomic E-state index is 0.0394. The van der Waals surface area contributed by atoms with Crippen LogP contribution in [-0.4, -0.2) is 32.8 Å². The summed E-state index contributed by atoms with van der Waals surface area (Å²) in [5, 5.41) is 6.83. The van der Waals surface area contributed by atoms with Crippen LogP contribution in [0.2, 0.25) is 0 Å². The molecule has 1 atom stereocenters. The van der Waals surface area contributed by atoms with Gasteiger partial charge in [-0.15, -0.1) is 0 Å². The zero-order chi connectivity index (χ0) is 19.6. The summed E-state index contributed by atoms with van der Waals surface area (Å²) in [4.78, 5) is 25.7. The van der Waals surface area contributed by atoms with Crippen LogP contribution in [0, 0.1) is 5.82 Å². The number of quaternary nitrogens is 1.